The van der Waals surface area contributed by atoms with E-state index >= 15 is 0 Å². The molecule has 0 saturated heterocycles. The van der Waals surface area contributed by atoms with Crippen molar-refractivity contribution < 1.29 is 14.0 Å². The van der Waals surface area contributed by atoms with Crippen molar-refractivity contribution in [1.29, 1.82) is 0 Å². The van der Waals surface area contributed by atoms with E-state index in [0.717, 1.165) is 6.42 Å². The van der Waals surface area contributed by atoms with Crippen LogP contribution in [0, 0.1) is 5.82 Å². The molecule has 0 heterocycles. The molecule has 21 heavy (non-hydrogen) atoms. The van der Waals surface area contributed by atoms with Crippen LogP contribution in [0.15, 0.2) is 18.2 Å². The van der Waals surface area contributed by atoms with E-state index in [4.69, 9.17) is 0 Å². The van der Waals surface area contributed by atoms with E-state index in [2.05, 4.69) is 16.0 Å². The second-order valence-electron chi connectivity index (χ2n) is 4.99. The fourth-order valence-electron chi connectivity index (χ4n) is 1.77. The highest BCUT2D eigenvalue weighted by atomic mass is 19.1. The van der Waals surface area contributed by atoms with Gasteiger partial charge in [-0.05, 0) is 32.4 Å². The van der Waals surface area contributed by atoms with Crippen LogP contribution in [-0.4, -0.2) is 30.9 Å². The molecule has 0 radical (unpaired) electrons. The number of anilines is 1. The maximum atomic E-state index is 13.8. The Bertz CT molecular complexity index is 504. The topological polar surface area (TPSA) is 70.2 Å². The molecule has 0 saturated carbocycles. The Morgan fingerprint density at radius 1 is 1.29 bits per heavy atom. The molecule has 0 aliphatic heterocycles. The van der Waals surface area contributed by atoms with Crippen LogP contribution < -0.4 is 16.0 Å². The minimum Gasteiger partial charge on any atom is -0.382 e. The lowest BCUT2D eigenvalue weighted by Crippen LogP contribution is -2.40. The molecule has 0 spiro atoms. The molecular weight excluding hydrogens is 273 g/mol. The van der Waals surface area contributed by atoms with Crippen LogP contribution in [0.3, 0.4) is 0 Å². The van der Waals surface area contributed by atoms with E-state index < -0.39 is 11.7 Å². The summed E-state index contributed by atoms with van der Waals surface area (Å²) >= 11 is 0. The predicted molar refractivity (Wildman–Crippen MR) is 80.8 cm³/mol. The molecule has 0 aromatic heterocycles. The number of benzene rings is 1. The SMILES string of the molecule is CCCNc1c(F)cccc1C(=O)NCC(=O)NC(C)C. The molecule has 1 rings (SSSR count). The number of carbonyl (C=O) groups excluding carboxylic acids is 2. The van der Waals surface area contributed by atoms with Gasteiger partial charge >= 0.3 is 0 Å². The van der Waals surface area contributed by atoms with Gasteiger partial charge in [-0.2, -0.15) is 0 Å². The third kappa shape index (κ3) is 5.41. The smallest absolute Gasteiger partial charge is 0.253 e. The van der Waals surface area contributed by atoms with Gasteiger partial charge in [0.1, 0.15) is 5.82 Å². The van der Waals surface area contributed by atoms with Gasteiger partial charge in [0.15, 0.2) is 0 Å². The second-order valence-corrected chi connectivity index (χ2v) is 4.99. The van der Waals surface area contributed by atoms with Crippen LogP contribution in [-0.2, 0) is 4.79 Å². The summed E-state index contributed by atoms with van der Waals surface area (Å²) in [6.07, 6.45) is 0.812. The third-order valence-corrected chi connectivity index (χ3v) is 2.67. The summed E-state index contributed by atoms with van der Waals surface area (Å²) in [6.45, 7) is 6.04. The minimum atomic E-state index is -0.484. The number of carbonyl (C=O) groups is 2. The van der Waals surface area contributed by atoms with Gasteiger partial charge in [-0.25, -0.2) is 4.39 Å². The van der Waals surface area contributed by atoms with E-state index in [1.54, 1.807) is 0 Å². The molecule has 116 valence electrons. The summed E-state index contributed by atoms with van der Waals surface area (Å²) in [5.41, 5.74) is 0.363. The quantitative estimate of drug-likeness (QED) is 0.719. The van der Waals surface area contributed by atoms with Gasteiger partial charge < -0.3 is 16.0 Å². The number of hydrogen-bond acceptors (Lipinski definition) is 3. The van der Waals surface area contributed by atoms with E-state index in [1.165, 1.54) is 18.2 Å². The Morgan fingerprint density at radius 3 is 2.62 bits per heavy atom. The molecule has 0 aliphatic carbocycles. The lowest BCUT2D eigenvalue weighted by molar-refractivity contribution is -0.120. The van der Waals surface area contributed by atoms with Crippen LogP contribution in [0.5, 0.6) is 0 Å². The summed E-state index contributed by atoms with van der Waals surface area (Å²) in [4.78, 5) is 23.6. The molecule has 6 heteroatoms. The highest BCUT2D eigenvalue weighted by molar-refractivity contribution is 6.01. The third-order valence-electron chi connectivity index (χ3n) is 2.67. The Labute approximate surface area is 124 Å². The molecule has 1 aromatic rings. The second kappa shape index (κ2) is 8.24. The molecule has 1 aromatic carbocycles. The van der Waals surface area contributed by atoms with Gasteiger partial charge in [0.05, 0.1) is 17.8 Å². The lowest BCUT2D eigenvalue weighted by atomic mass is 10.1. The number of para-hydroxylation sites is 1. The van der Waals surface area contributed by atoms with Crippen molar-refractivity contribution in [2.75, 3.05) is 18.4 Å². The summed E-state index contributed by atoms with van der Waals surface area (Å²) < 4.78 is 13.8. The Hall–Kier alpha value is -2.11. The van der Waals surface area contributed by atoms with Crippen molar-refractivity contribution in [2.24, 2.45) is 0 Å². The zero-order valence-electron chi connectivity index (χ0n) is 12.6. The first-order valence-corrected chi connectivity index (χ1v) is 7.05. The number of amides is 2. The van der Waals surface area contributed by atoms with E-state index in [1.807, 2.05) is 20.8 Å². The van der Waals surface area contributed by atoms with Gasteiger partial charge in [-0.15, -0.1) is 0 Å². The van der Waals surface area contributed by atoms with E-state index in [9.17, 15) is 14.0 Å². The summed E-state index contributed by atoms with van der Waals surface area (Å²) in [5.74, 6) is -1.24. The van der Waals surface area contributed by atoms with E-state index in [0.29, 0.717) is 6.54 Å². The van der Waals surface area contributed by atoms with Gasteiger partial charge in [-0.1, -0.05) is 13.0 Å². The fraction of sp³-hybridized carbons (Fsp3) is 0.467. The number of halogens is 1. The van der Waals surface area contributed by atoms with Crippen molar-refractivity contribution in [3.05, 3.63) is 29.6 Å². The average molecular weight is 295 g/mol. The Balaban J connectivity index is 2.73. The molecule has 0 aliphatic rings. The summed E-state index contributed by atoms with van der Waals surface area (Å²) in [6, 6.07) is 4.29. The molecule has 0 unspecified atom stereocenters. The van der Waals surface area contributed by atoms with Crippen LogP contribution in [0.2, 0.25) is 0 Å². The molecule has 0 atom stereocenters. The van der Waals surface area contributed by atoms with Crippen molar-refractivity contribution in [2.45, 2.75) is 33.2 Å². The molecule has 0 fully saturated rings. The monoisotopic (exact) mass is 295 g/mol. The number of nitrogens with one attached hydrogen (secondary N) is 3. The first-order valence-electron chi connectivity index (χ1n) is 7.05. The van der Waals surface area contributed by atoms with Crippen molar-refractivity contribution in [1.82, 2.24) is 10.6 Å². The average Bonchev–Trinajstić information content (AvgIpc) is 2.42. The first kappa shape index (κ1) is 16.9. The fourth-order valence-corrected chi connectivity index (χ4v) is 1.77. The van der Waals surface area contributed by atoms with Crippen molar-refractivity contribution in [3.63, 3.8) is 0 Å². The van der Waals surface area contributed by atoms with Crippen molar-refractivity contribution >= 4 is 17.5 Å². The van der Waals surface area contributed by atoms with E-state index in [-0.39, 0.29) is 29.7 Å². The largest absolute Gasteiger partial charge is 0.382 e. The van der Waals surface area contributed by atoms with Crippen LogP contribution >= 0.6 is 0 Å². The standard InChI is InChI=1S/C15H22FN3O2/c1-4-8-17-14-11(6-5-7-12(14)16)15(21)18-9-13(20)19-10(2)3/h5-7,10,17H,4,8-9H2,1-3H3,(H,18,21)(H,19,20). The maximum Gasteiger partial charge on any atom is 0.253 e. The first-order chi connectivity index (χ1) is 9.95. The lowest BCUT2D eigenvalue weighted by Gasteiger charge is -2.13. The van der Waals surface area contributed by atoms with Gasteiger partial charge in [0, 0.05) is 12.6 Å². The highest BCUT2D eigenvalue weighted by Crippen LogP contribution is 2.19. The molecule has 0 bridgehead atoms. The maximum absolute atomic E-state index is 13.8. The summed E-state index contributed by atoms with van der Waals surface area (Å²) in [5, 5.41) is 8.05. The molecule has 2 amide bonds. The highest BCUT2D eigenvalue weighted by Gasteiger charge is 2.15. The normalized spacial score (nSPS) is 10.3. The summed E-state index contributed by atoms with van der Waals surface area (Å²) in [7, 11) is 0. The Morgan fingerprint density at radius 2 is 2.00 bits per heavy atom. The van der Waals surface area contributed by atoms with Crippen molar-refractivity contribution in [3.8, 4) is 0 Å². The zero-order valence-corrected chi connectivity index (χ0v) is 12.6. The predicted octanol–water partition coefficient (Wildman–Crippen LogP) is 1.90. The number of rotatable bonds is 7. The van der Waals surface area contributed by atoms with Gasteiger partial charge in [0.25, 0.3) is 5.91 Å². The Kier molecular flexibility index (Phi) is 6.65. The van der Waals surface area contributed by atoms with Gasteiger partial charge in [0.2, 0.25) is 5.91 Å². The zero-order chi connectivity index (χ0) is 15.8. The van der Waals surface area contributed by atoms with Gasteiger partial charge in [-0.3, -0.25) is 9.59 Å². The molecule has 5 nitrogen and oxygen atoms in total. The molecular formula is C15H22FN3O2. The van der Waals surface area contributed by atoms with Crippen LogP contribution in [0.4, 0.5) is 10.1 Å². The number of hydrogen-bond donors (Lipinski definition) is 3. The minimum absolute atomic E-state index is 0.00496. The molecule has 3 N–H and O–H groups in total. The van der Waals surface area contributed by atoms with Crippen LogP contribution in [0.25, 0.3) is 0 Å². The van der Waals surface area contributed by atoms with Crippen LogP contribution in [0.1, 0.15) is 37.6 Å².